The Kier molecular flexibility index (Phi) is 3.14. The summed E-state index contributed by atoms with van der Waals surface area (Å²) in [6, 6.07) is 0. The largest absolute Gasteiger partial charge is 0.485 e. The Bertz CT molecular complexity index is 410. The predicted molar refractivity (Wildman–Crippen MR) is 60.0 cm³/mol. The van der Waals surface area contributed by atoms with Crippen molar-refractivity contribution in [1.82, 2.24) is 0 Å². The molecule has 1 atom stereocenters. The second-order valence-electron chi connectivity index (χ2n) is 3.53. The van der Waals surface area contributed by atoms with Crippen LogP contribution in [0.2, 0.25) is 0 Å². The Hall–Kier alpha value is -1.49. The molecular formula is C11H12O4S. The number of carbonyl (C=O) groups excluding carboxylic acids is 1. The lowest BCUT2D eigenvalue weighted by Gasteiger charge is -2.24. The van der Waals surface area contributed by atoms with Crippen molar-refractivity contribution in [3.63, 3.8) is 0 Å². The van der Waals surface area contributed by atoms with Crippen LogP contribution in [0, 0.1) is 0 Å². The second-order valence-corrected chi connectivity index (χ2v) is 4.27. The van der Waals surface area contributed by atoms with Gasteiger partial charge >= 0.3 is 5.97 Å². The Balaban J connectivity index is 1.86. The number of hydrogen-bond donors (Lipinski definition) is 0. The van der Waals surface area contributed by atoms with Crippen LogP contribution >= 0.6 is 11.3 Å². The number of thiophene rings is 1. The smallest absolute Gasteiger partial charge is 0.333 e. The lowest BCUT2D eigenvalue weighted by molar-refractivity contribution is -0.142. The molecule has 0 spiro atoms. The van der Waals surface area contributed by atoms with Gasteiger partial charge in [-0.1, -0.05) is 6.58 Å². The second kappa shape index (κ2) is 4.57. The van der Waals surface area contributed by atoms with Gasteiger partial charge in [0.05, 0.1) is 0 Å². The number of fused-ring (bicyclic) bond motifs is 1. The fourth-order valence-electron chi connectivity index (χ4n) is 1.24. The van der Waals surface area contributed by atoms with Gasteiger partial charge in [-0.05, 0) is 6.92 Å². The van der Waals surface area contributed by atoms with E-state index in [0.717, 1.165) is 5.75 Å². The van der Waals surface area contributed by atoms with Crippen molar-refractivity contribution < 1.29 is 19.0 Å². The average molecular weight is 240 g/mol. The van der Waals surface area contributed by atoms with Gasteiger partial charge in [0.2, 0.25) is 0 Å². The van der Waals surface area contributed by atoms with E-state index < -0.39 is 5.97 Å². The van der Waals surface area contributed by atoms with Gasteiger partial charge in [0.25, 0.3) is 0 Å². The maximum absolute atomic E-state index is 11.2. The third kappa shape index (κ3) is 2.36. The maximum Gasteiger partial charge on any atom is 0.333 e. The molecule has 0 N–H and O–H groups in total. The van der Waals surface area contributed by atoms with E-state index in [2.05, 4.69) is 6.58 Å². The summed E-state index contributed by atoms with van der Waals surface area (Å²) in [5.41, 5.74) is 0.382. The SMILES string of the molecule is C=C(C)C(=O)OCC1COc2cscc2O1. The number of esters is 1. The summed E-state index contributed by atoms with van der Waals surface area (Å²) in [6.45, 7) is 5.69. The van der Waals surface area contributed by atoms with Crippen molar-refractivity contribution >= 4 is 17.3 Å². The molecule has 0 saturated carbocycles. The Labute approximate surface area is 97.4 Å². The molecule has 86 valence electrons. The van der Waals surface area contributed by atoms with Crippen LogP contribution in [0.15, 0.2) is 22.9 Å². The molecule has 1 aromatic rings. The summed E-state index contributed by atoms with van der Waals surface area (Å²) in [6.07, 6.45) is -0.245. The highest BCUT2D eigenvalue weighted by atomic mass is 32.1. The van der Waals surface area contributed by atoms with E-state index >= 15 is 0 Å². The van der Waals surface area contributed by atoms with Crippen LogP contribution in [-0.4, -0.2) is 25.3 Å². The van der Waals surface area contributed by atoms with Gasteiger partial charge in [-0.2, -0.15) is 0 Å². The lowest BCUT2D eigenvalue weighted by Crippen LogP contribution is -2.33. The Morgan fingerprint density at radius 3 is 3.12 bits per heavy atom. The zero-order chi connectivity index (χ0) is 11.5. The van der Waals surface area contributed by atoms with E-state index in [1.54, 1.807) is 6.92 Å². The van der Waals surface area contributed by atoms with Crippen LogP contribution in [0.25, 0.3) is 0 Å². The number of carbonyl (C=O) groups is 1. The predicted octanol–water partition coefficient (Wildman–Crippen LogP) is 2.01. The fraction of sp³-hybridized carbons (Fsp3) is 0.364. The standard InChI is InChI=1S/C11H12O4S/c1-7(2)11(12)14-4-8-3-13-9-5-16-6-10(9)15-8/h5-6,8H,1,3-4H2,2H3. The highest BCUT2D eigenvalue weighted by Crippen LogP contribution is 2.35. The zero-order valence-electron chi connectivity index (χ0n) is 8.89. The molecule has 2 heterocycles. The van der Waals surface area contributed by atoms with Gasteiger partial charge in [-0.15, -0.1) is 11.3 Å². The molecule has 1 aliphatic heterocycles. The van der Waals surface area contributed by atoms with Gasteiger partial charge < -0.3 is 14.2 Å². The lowest BCUT2D eigenvalue weighted by atomic mass is 10.3. The van der Waals surface area contributed by atoms with Crippen LogP contribution in [-0.2, 0) is 9.53 Å². The monoisotopic (exact) mass is 240 g/mol. The molecule has 0 radical (unpaired) electrons. The minimum absolute atomic E-state index is 0.182. The van der Waals surface area contributed by atoms with Crippen molar-refractivity contribution in [2.24, 2.45) is 0 Å². The van der Waals surface area contributed by atoms with Crippen molar-refractivity contribution in [3.8, 4) is 11.5 Å². The van der Waals surface area contributed by atoms with Crippen molar-refractivity contribution in [1.29, 1.82) is 0 Å². The molecule has 0 bridgehead atoms. The molecule has 4 nitrogen and oxygen atoms in total. The average Bonchev–Trinajstić information content (AvgIpc) is 2.72. The topological polar surface area (TPSA) is 44.8 Å². The molecule has 1 aliphatic rings. The van der Waals surface area contributed by atoms with Crippen molar-refractivity contribution in [3.05, 3.63) is 22.9 Å². The minimum atomic E-state index is -0.403. The summed E-state index contributed by atoms with van der Waals surface area (Å²) >= 11 is 1.51. The number of ether oxygens (including phenoxy) is 3. The highest BCUT2D eigenvalue weighted by Gasteiger charge is 2.23. The van der Waals surface area contributed by atoms with Gasteiger partial charge in [-0.25, -0.2) is 4.79 Å². The molecular weight excluding hydrogens is 228 g/mol. The zero-order valence-corrected chi connectivity index (χ0v) is 9.71. The van der Waals surface area contributed by atoms with Crippen LogP contribution < -0.4 is 9.47 Å². The molecule has 0 fully saturated rings. The summed E-state index contributed by atoms with van der Waals surface area (Å²) < 4.78 is 16.0. The summed E-state index contributed by atoms with van der Waals surface area (Å²) in [7, 11) is 0. The summed E-state index contributed by atoms with van der Waals surface area (Å²) in [5, 5.41) is 3.74. The third-order valence-electron chi connectivity index (χ3n) is 2.06. The van der Waals surface area contributed by atoms with E-state index in [-0.39, 0.29) is 12.7 Å². The molecule has 1 aromatic heterocycles. The molecule has 0 aromatic carbocycles. The Morgan fingerprint density at radius 1 is 1.62 bits per heavy atom. The van der Waals surface area contributed by atoms with E-state index in [0.29, 0.717) is 17.9 Å². The van der Waals surface area contributed by atoms with Gasteiger partial charge in [-0.3, -0.25) is 0 Å². The molecule has 2 rings (SSSR count). The fourth-order valence-corrected chi connectivity index (χ4v) is 1.91. The van der Waals surface area contributed by atoms with Crippen LogP contribution in [0.1, 0.15) is 6.92 Å². The summed E-state index contributed by atoms with van der Waals surface area (Å²) in [5.74, 6) is 1.07. The minimum Gasteiger partial charge on any atom is -0.485 e. The van der Waals surface area contributed by atoms with Gasteiger partial charge in [0, 0.05) is 16.3 Å². The quantitative estimate of drug-likeness (QED) is 0.599. The van der Waals surface area contributed by atoms with E-state index in [9.17, 15) is 4.79 Å². The number of hydrogen-bond acceptors (Lipinski definition) is 5. The van der Waals surface area contributed by atoms with Crippen LogP contribution in [0.3, 0.4) is 0 Å². The first-order valence-electron chi connectivity index (χ1n) is 4.85. The van der Waals surface area contributed by atoms with Gasteiger partial charge in [0.1, 0.15) is 13.2 Å². The van der Waals surface area contributed by atoms with Crippen LogP contribution in [0.4, 0.5) is 0 Å². The van der Waals surface area contributed by atoms with E-state index in [1.807, 2.05) is 10.8 Å². The normalized spacial score (nSPS) is 17.9. The molecule has 5 heteroatoms. The first-order valence-corrected chi connectivity index (χ1v) is 5.79. The number of rotatable bonds is 3. The van der Waals surface area contributed by atoms with E-state index in [1.165, 1.54) is 11.3 Å². The molecule has 0 aliphatic carbocycles. The van der Waals surface area contributed by atoms with E-state index in [4.69, 9.17) is 14.2 Å². The van der Waals surface area contributed by atoms with Gasteiger partial charge in [0.15, 0.2) is 17.6 Å². The third-order valence-corrected chi connectivity index (χ3v) is 2.76. The summed E-state index contributed by atoms with van der Waals surface area (Å²) in [4.78, 5) is 11.2. The molecule has 1 unspecified atom stereocenters. The molecule has 0 amide bonds. The maximum atomic E-state index is 11.2. The van der Waals surface area contributed by atoms with Crippen LogP contribution in [0.5, 0.6) is 11.5 Å². The first kappa shape index (κ1) is 11.0. The first-order chi connectivity index (χ1) is 7.66. The molecule has 16 heavy (non-hydrogen) atoms. The Morgan fingerprint density at radius 2 is 2.38 bits per heavy atom. The highest BCUT2D eigenvalue weighted by molar-refractivity contribution is 7.08. The van der Waals surface area contributed by atoms with Crippen molar-refractivity contribution in [2.75, 3.05) is 13.2 Å². The molecule has 0 saturated heterocycles. The van der Waals surface area contributed by atoms with Crippen molar-refractivity contribution in [2.45, 2.75) is 13.0 Å².